The molecule has 0 unspecified atom stereocenters. The van der Waals surface area contributed by atoms with Crippen LogP contribution in [0.2, 0.25) is 0 Å². The van der Waals surface area contributed by atoms with Gasteiger partial charge in [0.25, 0.3) is 0 Å². The number of hydrogen-bond donors (Lipinski definition) is 1. The quantitative estimate of drug-likeness (QED) is 0.825. The molecular formula is C15H20BrN3. The zero-order chi connectivity index (χ0) is 13.7. The van der Waals surface area contributed by atoms with Gasteiger partial charge in [-0.25, -0.2) is 4.98 Å². The van der Waals surface area contributed by atoms with Crippen LogP contribution in [0, 0.1) is 6.92 Å². The van der Waals surface area contributed by atoms with Gasteiger partial charge in [0.05, 0.1) is 5.69 Å². The van der Waals surface area contributed by atoms with E-state index >= 15 is 0 Å². The molecule has 4 heteroatoms. The molecule has 102 valence electrons. The molecule has 2 rings (SSSR count). The number of nitrogens with one attached hydrogen (secondary N) is 1. The highest BCUT2D eigenvalue weighted by Crippen LogP contribution is 2.14. The average molecular weight is 322 g/mol. The molecule has 0 bridgehead atoms. The Morgan fingerprint density at radius 3 is 2.68 bits per heavy atom. The van der Waals surface area contributed by atoms with E-state index < -0.39 is 0 Å². The highest BCUT2D eigenvalue weighted by Gasteiger charge is 2.06. The summed E-state index contributed by atoms with van der Waals surface area (Å²) in [5.41, 5.74) is 2.54. The Labute approximate surface area is 123 Å². The summed E-state index contributed by atoms with van der Waals surface area (Å²) in [6.07, 6.45) is 3.12. The molecule has 0 aliphatic rings. The lowest BCUT2D eigenvalue weighted by Gasteiger charge is -2.11. The monoisotopic (exact) mass is 321 g/mol. The first-order valence-corrected chi connectivity index (χ1v) is 7.46. The summed E-state index contributed by atoms with van der Waals surface area (Å²) in [6, 6.07) is 8.45. The number of nitrogens with zero attached hydrogens (tertiary/aromatic N) is 2. The first kappa shape index (κ1) is 14.3. The Hall–Kier alpha value is -1.13. The van der Waals surface area contributed by atoms with Crippen molar-refractivity contribution < 1.29 is 0 Å². The van der Waals surface area contributed by atoms with Gasteiger partial charge in [0, 0.05) is 23.8 Å². The predicted octanol–water partition coefficient (Wildman–Crippen LogP) is 3.50. The summed E-state index contributed by atoms with van der Waals surface area (Å²) < 4.78 is 3.38. The van der Waals surface area contributed by atoms with Gasteiger partial charge in [-0.1, -0.05) is 35.0 Å². The molecule has 1 aromatic carbocycles. The Morgan fingerprint density at radius 2 is 2.00 bits per heavy atom. The van der Waals surface area contributed by atoms with Crippen LogP contribution < -0.4 is 5.32 Å². The first-order valence-electron chi connectivity index (χ1n) is 6.67. The number of imidazole rings is 1. The SMILES string of the molecule is CCCNCc1cnc(C)n1Cc1ccc(Br)cc1. The fourth-order valence-corrected chi connectivity index (χ4v) is 2.30. The highest BCUT2D eigenvalue weighted by molar-refractivity contribution is 9.10. The van der Waals surface area contributed by atoms with Gasteiger partial charge in [-0.3, -0.25) is 0 Å². The van der Waals surface area contributed by atoms with Gasteiger partial charge in [-0.2, -0.15) is 0 Å². The smallest absolute Gasteiger partial charge is 0.106 e. The average Bonchev–Trinajstić information content (AvgIpc) is 2.74. The van der Waals surface area contributed by atoms with Crippen molar-refractivity contribution in [2.75, 3.05) is 6.54 Å². The van der Waals surface area contributed by atoms with Gasteiger partial charge in [0.1, 0.15) is 5.82 Å². The standard InChI is InChI=1S/C15H20BrN3/c1-3-8-17-9-15-10-18-12(2)19(15)11-13-4-6-14(16)7-5-13/h4-7,10,17H,3,8-9,11H2,1-2H3. The van der Waals surface area contributed by atoms with Crippen molar-refractivity contribution in [1.29, 1.82) is 0 Å². The number of aromatic nitrogens is 2. The van der Waals surface area contributed by atoms with Gasteiger partial charge < -0.3 is 9.88 Å². The first-order chi connectivity index (χ1) is 9.20. The van der Waals surface area contributed by atoms with E-state index in [1.165, 1.54) is 11.3 Å². The van der Waals surface area contributed by atoms with Gasteiger partial charge in [-0.05, 0) is 37.6 Å². The molecule has 0 saturated heterocycles. The molecule has 2 aromatic rings. The topological polar surface area (TPSA) is 29.9 Å². The number of halogens is 1. The van der Waals surface area contributed by atoms with Crippen LogP contribution in [0.5, 0.6) is 0 Å². The van der Waals surface area contributed by atoms with E-state index in [-0.39, 0.29) is 0 Å². The lowest BCUT2D eigenvalue weighted by Crippen LogP contribution is -2.17. The molecule has 3 nitrogen and oxygen atoms in total. The summed E-state index contributed by atoms with van der Waals surface area (Å²) in [5.74, 6) is 1.07. The van der Waals surface area contributed by atoms with E-state index in [0.29, 0.717) is 0 Å². The Bertz CT molecular complexity index is 517. The second-order valence-electron chi connectivity index (χ2n) is 4.69. The molecule has 0 atom stereocenters. The van der Waals surface area contributed by atoms with Crippen molar-refractivity contribution in [2.45, 2.75) is 33.4 Å². The molecule has 1 heterocycles. The van der Waals surface area contributed by atoms with E-state index in [0.717, 1.165) is 36.4 Å². The minimum absolute atomic E-state index is 0.877. The molecular weight excluding hydrogens is 302 g/mol. The Kier molecular flexibility index (Phi) is 5.16. The second kappa shape index (κ2) is 6.87. The van der Waals surface area contributed by atoms with E-state index in [1.807, 2.05) is 6.20 Å². The largest absolute Gasteiger partial charge is 0.327 e. The third kappa shape index (κ3) is 3.91. The van der Waals surface area contributed by atoms with Crippen molar-refractivity contribution >= 4 is 15.9 Å². The number of benzene rings is 1. The van der Waals surface area contributed by atoms with Gasteiger partial charge >= 0.3 is 0 Å². The van der Waals surface area contributed by atoms with E-state index in [4.69, 9.17) is 0 Å². The fraction of sp³-hybridized carbons (Fsp3) is 0.400. The van der Waals surface area contributed by atoms with Crippen LogP contribution >= 0.6 is 15.9 Å². The minimum atomic E-state index is 0.877. The van der Waals surface area contributed by atoms with Crippen molar-refractivity contribution in [3.05, 3.63) is 52.0 Å². The van der Waals surface area contributed by atoms with Gasteiger partial charge in [0.15, 0.2) is 0 Å². The molecule has 19 heavy (non-hydrogen) atoms. The number of aryl methyl sites for hydroxylation is 1. The van der Waals surface area contributed by atoms with Crippen molar-refractivity contribution in [3.8, 4) is 0 Å². The van der Waals surface area contributed by atoms with Crippen LogP contribution in [0.3, 0.4) is 0 Å². The van der Waals surface area contributed by atoms with Crippen LogP contribution in [0.15, 0.2) is 34.9 Å². The predicted molar refractivity (Wildman–Crippen MR) is 82.2 cm³/mol. The third-order valence-electron chi connectivity index (χ3n) is 3.12. The van der Waals surface area contributed by atoms with Crippen LogP contribution in [-0.4, -0.2) is 16.1 Å². The lowest BCUT2D eigenvalue weighted by atomic mass is 10.2. The maximum atomic E-state index is 4.42. The minimum Gasteiger partial charge on any atom is -0.327 e. The van der Waals surface area contributed by atoms with Gasteiger partial charge in [0.2, 0.25) is 0 Å². The molecule has 0 aliphatic carbocycles. The molecule has 0 radical (unpaired) electrons. The molecule has 0 amide bonds. The Balaban J connectivity index is 2.10. The van der Waals surface area contributed by atoms with Crippen molar-refractivity contribution in [1.82, 2.24) is 14.9 Å². The van der Waals surface area contributed by atoms with Gasteiger partial charge in [-0.15, -0.1) is 0 Å². The molecule has 1 aromatic heterocycles. The highest BCUT2D eigenvalue weighted by atomic mass is 79.9. The van der Waals surface area contributed by atoms with Crippen LogP contribution in [0.1, 0.15) is 30.4 Å². The van der Waals surface area contributed by atoms with Crippen molar-refractivity contribution in [3.63, 3.8) is 0 Å². The maximum Gasteiger partial charge on any atom is 0.106 e. The summed E-state index contributed by atoms with van der Waals surface area (Å²) in [6.45, 7) is 7.04. The number of rotatable bonds is 6. The summed E-state index contributed by atoms with van der Waals surface area (Å²) in [4.78, 5) is 4.42. The lowest BCUT2D eigenvalue weighted by molar-refractivity contribution is 0.623. The molecule has 0 spiro atoms. The summed E-state index contributed by atoms with van der Waals surface area (Å²) in [5, 5.41) is 3.43. The summed E-state index contributed by atoms with van der Waals surface area (Å²) in [7, 11) is 0. The van der Waals surface area contributed by atoms with Crippen LogP contribution in [0.25, 0.3) is 0 Å². The molecule has 0 aliphatic heterocycles. The summed E-state index contributed by atoms with van der Waals surface area (Å²) >= 11 is 3.47. The molecule has 1 N–H and O–H groups in total. The van der Waals surface area contributed by atoms with E-state index in [9.17, 15) is 0 Å². The third-order valence-corrected chi connectivity index (χ3v) is 3.65. The van der Waals surface area contributed by atoms with E-state index in [1.54, 1.807) is 0 Å². The normalized spacial score (nSPS) is 10.9. The number of hydrogen-bond acceptors (Lipinski definition) is 2. The van der Waals surface area contributed by atoms with Crippen molar-refractivity contribution in [2.24, 2.45) is 0 Å². The van der Waals surface area contributed by atoms with Crippen LogP contribution in [-0.2, 0) is 13.1 Å². The zero-order valence-corrected chi connectivity index (χ0v) is 13.1. The molecule has 0 saturated carbocycles. The second-order valence-corrected chi connectivity index (χ2v) is 5.60. The van der Waals surface area contributed by atoms with Crippen LogP contribution in [0.4, 0.5) is 0 Å². The zero-order valence-electron chi connectivity index (χ0n) is 11.5. The maximum absolute atomic E-state index is 4.42. The van der Waals surface area contributed by atoms with E-state index in [2.05, 4.69) is 68.9 Å². The fourth-order valence-electron chi connectivity index (χ4n) is 2.04. The molecule has 0 fully saturated rings. The Morgan fingerprint density at radius 1 is 1.26 bits per heavy atom.